The zero-order valence-electron chi connectivity index (χ0n) is 9.97. The number of hydrogen-bond donors (Lipinski definition) is 3. The fraction of sp³-hybridized carbons (Fsp3) is 0.500. The Labute approximate surface area is 111 Å². The fourth-order valence-corrected chi connectivity index (χ4v) is 1.54. The molecule has 0 aliphatic carbocycles. The minimum atomic E-state index is -0.319. The number of nitrogens with two attached hydrogens (primary N) is 1. The van der Waals surface area contributed by atoms with Gasteiger partial charge in [0.1, 0.15) is 5.82 Å². The lowest BCUT2D eigenvalue weighted by Gasteiger charge is -2.23. The highest BCUT2D eigenvalue weighted by Gasteiger charge is 2.17. The molecule has 0 bridgehead atoms. The fourth-order valence-electron chi connectivity index (χ4n) is 1.06. The van der Waals surface area contributed by atoms with E-state index >= 15 is 0 Å². The quantitative estimate of drug-likeness (QED) is 0.570. The first kappa shape index (κ1) is 14.3. The number of pyridine rings is 1. The molecular weight excluding hydrogens is 263 g/mol. The van der Waals surface area contributed by atoms with Gasteiger partial charge in [0, 0.05) is 13.7 Å². The topological polar surface area (TPSA) is 72.2 Å². The van der Waals surface area contributed by atoms with E-state index in [2.05, 4.69) is 15.7 Å². The molecule has 0 saturated heterocycles. The number of rotatable bonds is 5. The summed E-state index contributed by atoms with van der Waals surface area (Å²) < 4.78 is 5.28. The third kappa shape index (κ3) is 3.89. The zero-order valence-corrected chi connectivity index (χ0v) is 11.5. The Hall–Kier alpha value is -0.750. The number of ether oxygens (including phenoxy) is 1. The van der Waals surface area contributed by atoms with Gasteiger partial charge < -0.3 is 15.5 Å². The van der Waals surface area contributed by atoms with Crippen LogP contribution in [0.5, 0.6) is 0 Å². The molecule has 7 heteroatoms. The van der Waals surface area contributed by atoms with Gasteiger partial charge in [0.25, 0.3) is 0 Å². The number of aromatic nitrogens is 1. The summed E-state index contributed by atoms with van der Waals surface area (Å²) in [6.07, 6.45) is 0. The summed E-state index contributed by atoms with van der Waals surface area (Å²) in [6.45, 7) is 4.46. The normalized spacial score (nSPS) is 11.4. The first-order chi connectivity index (χ1) is 7.89. The molecule has 0 amide bonds. The van der Waals surface area contributed by atoms with Crippen LogP contribution in [0.3, 0.4) is 0 Å². The average molecular weight is 279 g/mol. The summed E-state index contributed by atoms with van der Waals surface area (Å²) in [7, 11) is 1.64. The number of nitrogen functional groups attached to an aromatic ring is 1. The Morgan fingerprint density at radius 3 is 2.47 bits per heavy atom. The largest absolute Gasteiger partial charge is 0.377 e. The number of methoxy groups -OCH3 is 1. The lowest BCUT2D eigenvalue weighted by atomic mass is 10.1. The van der Waals surface area contributed by atoms with Crippen molar-refractivity contribution in [2.75, 3.05) is 24.4 Å². The van der Waals surface area contributed by atoms with Crippen molar-refractivity contribution < 1.29 is 4.74 Å². The molecule has 1 heterocycles. The predicted octanol–water partition coefficient (Wildman–Crippen LogP) is 2.51. The van der Waals surface area contributed by atoms with Gasteiger partial charge >= 0.3 is 0 Å². The number of anilines is 2. The van der Waals surface area contributed by atoms with Crippen LogP contribution in [0.1, 0.15) is 13.8 Å². The molecule has 0 aliphatic rings. The lowest BCUT2D eigenvalue weighted by molar-refractivity contribution is 0.0343. The number of hydrazine groups is 1. The number of nitrogens with zero attached hydrogens (tertiary/aromatic N) is 1. The molecule has 0 atom stereocenters. The summed E-state index contributed by atoms with van der Waals surface area (Å²) in [6, 6.07) is 1.58. The van der Waals surface area contributed by atoms with E-state index in [0.717, 1.165) is 0 Å². The molecule has 17 heavy (non-hydrogen) atoms. The van der Waals surface area contributed by atoms with Crippen LogP contribution in [0.15, 0.2) is 6.07 Å². The van der Waals surface area contributed by atoms with Crippen LogP contribution >= 0.6 is 23.2 Å². The van der Waals surface area contributed by atoms with Gasteiger partial charge in [0.2, 0.25) is 0 Å². The van der Waals surface area contributed by atoms with Crippen LogP contribution in [0.25, 0.3) is 0 Å². The Morgan fingerprint density at radius 2 is 1.94 bits per heavy atom. The van der Waals surface area contributed by atoms with Crippen molar-refractivity contribution in [3.63, 3.8) is 0 Å². The third-order valence-electron chi connectivity index (χ3n) is 2.30. The van der Waals surface area contributed by atoms with Crippen molar-refractivity contribution in [2.45, 2.75) is 19.4 Å². The Bertz CT molecular complexity index is 398. The van der Waals surface area contributed by atoms with Gasteiger partial charge in [-0.25, -0.2) is 10.8 Å². The van der Waals surface area contributed by atoms with Gasteiger partial charge in [-0.05, 0) is 19.9 Å². The Balaban J connectivity index is 2.84. The van der Waals surface area contributed by atoms with Crippen molar-refractivity contribution in [1.82, 2.24) is 4.98 Å². The number of nitrogens with one attached hydrogen (secondary N) is 2. The highest BCUT2D eigenvalue weighted by atomic mass is 35.5. The summed E-state index contributed by atoms with van der Waals surface area (Å²) in [5.74, 6) is 6.16. The molecule has 0 aliphatic heterocycles. The van der Waals surface area contributed by atoms with E-state index in [9.17, 15) is 0 Å². The van der Waals surface area contributed by atoms with Crippen LogP contribution in [0.4, 0.5) is 11.6 Å². The summed E-state index contributed by atoms with van der Waals surface area (Å²) in [4.78, 5) is 4.16. The molecular formula is C10H16Cl2N4O. The highest BCUT2D eigenvalue weighted by molar-refractivity contribution is 6.37. The monoisotopic (exact) mass is 278 g/mol. The third-order valence-corrected chi connectivity index (χ3v) is 2.88. The molecule has 96 valence electrons. The minimum absolute atomic E-state index is 0.319. The lowest BCUT2D eigenvalue weighted by Crippen LogP contribution is -2.32. The van der Waals surface area contributed by atoms with Crippen LogP contribution in [-0.4, -0.2) is 24.2 Å². The van der Waals surface area contributed by atoms with Gasteiger partial charge in [-0.1, -0.05) is 23.2 Å². The van der Waals surface area contributed by atoms with E-state index in [1.54, 1.807) is 13.2 Å². The minimum Gasteiger partial charge on any atom is -0.377 e. The molecule has 1 aromatic rings. The smallest absolute Gasteiger partial charge is 0.161 e. The van der Waals surface area contributed by atoms with Gasteiger partial charge in [-0.15, -0.1) is 0 Å². The van der Waals surface area contributed by atoms with E-state index in [0.29, 0.717) is 28.2 Å². The first-order valence-corrected chi connectivity index (χ1v) is 5.77. The number of hydrogen-bond acceptors (Lipinski definition) is 5. The summed E-state index contributed by atoms with van der Waals surface area (Å²) >= 11 is 11.9. The highest BCUT2D eigenvalue weighted by Crippen LogP contribution is 2.28. The standard InChI is InChI=1S/C10H16Cl2N4O/c1-10(2,17-3)5-14-8-6(11)4-7(12)9(15-8)16-13/h4H,5,13H2,1-3H3,(H2,14,15,16). The second-order valence-corrected chi connectivity index (χ2v) is 4.93. The maximum absolute atomic E-state index is 6.01. The van der Waals surface area contributed by atoms with Crippen molar-refractivity contribution in [2.24, 2.45) is 5.84 Å². The molecule has 4 N–H and O–H groups in total. The van der Waals surface area contributed by atoms with Crippen LogP contribution in [0.2, 0.25) is 10.0 Å². The molecule has 0 radical (unpaired) electrons. The maximum Gasteiger partial charge on any atom is 0.161 e. The predicted molar refractivity (Wildman–Crippen MR) is 71.6 cm³/mol. The van der Waals surface area contributed by atoms with Crippen molar-refractivity contribution in [1.29, 1.82) is 0 Å². The second-order valence-electron chi connectivity index (χ2n) is 4.11. The van der Waals surface area contributed by atoms with Crippen molar-refractivity contribution in [3.05, 3.63) is 16.1 Å². The molecule has 0 aromatic carbocycles. The van der Waals surface area contributed by atoms with E-state index in [-0.39, 0.29) is 5.60 Å². The van der Waals surface area contributed by atoms with Crippen LogP contribution in [-0.2, 0) is 4.74 Å². The van der Waals surface area contributed by atoms with Crippen molar-refractivity contribution in [3.8, 4) is 0 Å². The summed E-state index contributed by atoms with van der Waals surface area (Å²) in [5.41, 5.74) is 2.08. The zero-order chi connectivity index (χ0) is 13.1. The molecule has 0 saturated carbocycles. The van der Waals surface area contributed by atoms with E-state index < -0.39 is 0 Å². The maximum atomic E-state index is 6.01. The van der Waals surface area contributed by atoms with E-state index in [4.69, 9.17) is 33.8 Å². The summed E-state index contributed by atoms with van der Waals surface area (Å²) in [5, 5.41) is 3.88. The Kier molecular flexibility index (Phi) is 4.82. The Morgan fingerprint density at radius 1 is 1.35 bits per heavy atom. The average Bonchev–Trinajstić information content (AvgIpc) is 2.28. The van der Waals surface area contributed by atoms with Crippen LogP contribution in [0, 0.1) is 0 Å². The van der Waals surface area contributed by atoms with Gasteiger partial charge in [0.15, 0.2) is 5.82 Å². The molecule has 1 aromatic heterocycles. The van der Waals surface area contributed by atoms with Crippen molar-refractivity contribution >= 4 is 34.8 Å². The van der Waals surface area contributed by atoms with Crippen LogP contribution < -0.4 is 16.6 Å². The van der Waals surface area contributed by atoms with E-state index in [1.807, 2.05) is 13.8 Å². The van der Waals surface area contributed by atoms with Gasteiger partial charge in [-0.2, -0.15) is 0 Å². The second kappa shape index (κ2) is 5.73. The molecule has 0 spiro atoms. The molecule has 5 nitrogen and oxygen atoms in total. The SMILES string of the molecule is COC(C)(C)CNc1nc(NN)c(Cl)cc1Cl. The molecule has 1 rings (SSSR count). The first-order valence-electron chi connectivity index (χ1n) is 5.01. The molecule has 0 unspecified atom stereocenters. The van der Waals surface area contributed by atoms with E-state index in [1.165, 1.54) is 0 Å². The number of halogens is 2. The van der Waals surface area contributed by atoms with Gasteiger partial charge in [0.05, 0.1) is 15.6 Å². The van der Waals surface area contributed by atoms with Gasteiger partial charge in [-0.3, -0.25) is 0 Å². The molecule has 0 fully saturated rings.